The maximum atomic E-state index is 13.5. The number of carboxylic acids is 1. The third-order valence-corrected chi connectivity index (χ3v) is 3.62. The van der Waals surface area contributed by atoms with Crippen LogP contribution in [-0.4, -0.2) is 20.5 Å². The molecule has 0 saturated heterocycles. The van der Waals surface area contributed by atoms with Gasteiger partial charge in [-0.3, -0.25) is 4.79 Å². The van der Waals surface area contributed by atoms with Crippen LogP contribution in [0.4, 0.5) is 4.39 Å². The molecule has 0 unspecified atom stereocenters. The summed E-state index contributed by atoms with van der Waals surface area (Å²) in [6.07, 6.45) is 1.72. The molecule has 0 bridgehead atoms. The average molecular weight is 298 g/mol. The number of rotatable bonds is 3. The lowest BCUT2D eigenvalue weighted by Crippen LogP contribution is -2.05. The molecule has 1 aromatic carbocycles. The highest BCUT2D eigenvalue weighted by atomic mass is 19.1. The van der Waals surface area contributed by atoms with Crippen molar-refractivity contribution in [3.8, 4) is 11.3 Å². The molecule has 0 atom stereocenters. The standard InChI is InChI=1S/C17H15FN2O2/c1-10-3-6-15-19-17(12-4-5-13(18)11(2)7-12)14(8-16(21)22)20(15)9-10/h3-7,9H,8H2,1-2H3,(H,21,22). The van der Waals surface area contributed by atoms with E-state index < -0.39 is 5.97 Å². The van der Waals surface area contributed by atoms with Crippen LogP contribution in [0.15, 0.2) is 36.5 Å². The Kier molecular flexibility index (Phi) is 3.41. The number of aliphatic carboxylic acids is 1. The van der Waals surface area contributed by atoms with Crippen molar-refractivity contribution in [2.45, 2.75) is 20.3 Å². The van der Waals surface area contributed by atoms with E-state index in [2.05, 4.69) is 4.98 Å². The van der Waals surface area contributed by atoms with Crippen LogP contribution in [0.25, 0.3) is 16.9 Å². The highest BCUT2D eigenvalue weighted by molar-refractivity contribution is 5.76. The number of fused-ring (bicyclic) bond motifs is 1. The molecule has 0 fully saturated rings. The van der Waals surface area contributed by atoms with Gasteiger partial charge in [0.15, 0.2) is 0 Å². The fraction of sp³-hybridized carbons (Fsp3) is 0.176. The maximum absolute atomic E-state index is 13.5. The van der Waals surface area contributed by atoms with Crippen molar-refractivity contribution in [1.82, 2.24) is 9.38 Å². The molecule has 22 heavy (non-hydrogen) atoms. The Morgan fingerprint density at radius 3 is 2.73 bits per heavy atom. The van der Waals surface area contributed by atoms with Gasteiger partial charge in [-0.05, 0) is 49.2 Å². The smallest absolute Gasteiger partial charge is 0.309 e. The summed E-state index contributed by atoms with van der Waals surface area (Å²) >= 11 is 0. The number of aryl methyl sites for hydroxylation is 2. The third kappa shape index (κ3) is 2.45. The molecular formula is C17H15FN2O2. The van der Waals surface area contributed by atoms with Crippen molar-refractivity contribution in [2.24, 2.45) is 0 Å². The largest absolute Gasteiger partial charge is 0.481 e. The molecule has 112 valence electrons. The summed E-state index contributed by atoms with van der Waals surface area (Å²) in [6, 6.07) is 8.47. The van der Waals surface area contributed by atoms with Crippen molar-refractivity contribution in [3.63, 3.8) is 0 Å². The van der Waals surface area contributed by atoms with Gasteiger partial charge in [0.05, 0.1) is 17.8 Å². The summed E-state index contributed by atoms with van der Waals surface area (Å²) in [5, 5.41) is 9.18. The van der Waals surface area contributed by atoms with Crippen LogP contribution >= 0.6 is 0 Å². The quantitative estimate of drug-likeness (QED) is 0.806. The van der Waals surface area contributed by atoms with E-state index in [1.165, 1.54) is 6.07 Å². The SMILES string of the molecule is Cc1ccc2nc(-c3ccc(F)c(C)c3)c(CC(=O)O)n2c1. The molecule has 4 nitrogen and oxygen atoms in total. The zero-order chi connectivity index (χ0) is 15.9. The third-order valence-electron chi connectivity index (χ3n) is 3.62. The fourth-order valence-corrected chi connectivity index (χ4v) is 2.53. The van der Waals surface area contributed by atoms with E-state index in [4.69, 9.17) is 0 Å². The van der Waals surface area contributed by atoms with Gasteiger partial charge in [0.2, 0.25) is 0 Å². The van der Waals surface area contributed by atoms with Gasteiger partial charge in [-0.25, -0.2) is 9.37 Å². The number of pyridine rings is 1. The molecule has 0 aliphatic rings. The molecule has 0 amide bonds. The molecular weight excluding hydrogens is 283 g/mol. The van der Waals surface area contributed by atoms with Crippen molar-refractivity contribution in [2.75, 3.05) is 0 Å². The number of hydrogen-bond donors (Lipinski definition) is 1. The van der Waals surface area contributed by atoms with Gasteiger partial charge in [0.25, 0.3) is 0 Å². The normalized spacial score (nSPS) is 11.0. The van der Waals surface area contributed by atoms with Crippen LogP contribution in [0.1, 0.15) is 16.8 Å². The van der Waals surface area contributed by atoms with E-state index >= 15 is 0 Å². The first-order chi connectivity index (χ1) is 10.5. The van der Waals surface area contributed by atoms with Crippen molar-refractivity contribution >= 4 is 11.6 Å². The number of halogens is 1. The monoisotopic (exact) mass is 298 g/mol. The first-order valence-corrected chi connectivity index (χ1v) is 6.91. The number of carboxylic acid groups (broad SMARTS) is 1. The molecule has 0 saturated carbocycles. The van der Waals surface area contributed by atoms with Crippen LogP contribution in [0.5, 0.6) is 0 Å². The Hall–Kier alpha value is -2.69. The number of nitrogens with zero attached hydrogens (tertiary/aromatic N) is 2. The molecule has 5 heteroatoms. The maximum Gasteiger partial charge on any atom is 0.309 e. The van der Waals surface area contributed by atoms with Gasteiger partial charge < -0.3 is 9.51 Å². The van der Waals surface area contributed by atoms with Crippen LogP contribution < -0.4 is 0 Å². The number of benzene rings is 1. The molecule has 0 aliphatic carbocycles. The van der Waals surface area contributed by atoms with E-state index in [0.717, 1.165) is 11.1 Å². The minimum absolute atomic E-state index is 0.142. The first-order valence-electron chi connectivity index (χ1n) is 6.91. The zero-order valence-corrected chi connectivity index (χ0v) is 12.3. The number of imidazole rings is 1. The molecule has 1 N–H and O–H groups in total. The Bertz CT molecular complexity index is 884. The summed E-state index contributed by atoms with van der Waals surface area (Å²) in [6.45, 7) is 3.61. The van der Waals surface area contributed by atoms with Crippen LogP contribution in [0.3, 0.4) is 0 Å². The molecule has 3 rings (SSSR count). The number of aromatic nitrogens is 2. The number of hydrogen-bond acceptors (Lipinski definition) is 2. The van der Waals surface area contributed by atoms with Crippen LogP contribution in [0.2, 0.25) is 0 Å². The molecule has 2 aromatic heterocycles. The summed E-state index contributed by atoms with van der Waals surface area (Å²) in [5.74, 6) is -1.22. The van der Waals surface area contributed by atoms with Gasteiger partial charge in [-0.15, -0.1) is 0 Å². The first kappa shape index (κ1) is 14.3. The van der Waals surface area contributed by atoms with E-state index in [-0.39, 0.29) is 12.2 Å². The highest BCUT2D eigenvalue weighted by Gasteiger charge is 2.17. The van der Waals surface area contributed by atoms with Crippen LogP contribution in [-0.2, 0) is 11.2 Å². The van der Waals surface area contributed by atoms with Crippen molar-refractivity contribution in [1.29, 1.82) is 0 Å². The summed E-state index contributed by atoms with van der Waals surface area (Å²) in [7, 11) is 0. The van der Waals surface area contributed by atoms with Gasteiger partial charge >= 0.3 is 5.97 Å². The topological polar surface area (TPSA) is 54.6 Å². The Morgan fingerprint density at radius 1 is 1.27 bits per heavy atom. The minimum atomic E-state index is -0.927. The average Bonchev–Trinajstić information content (AvgIpc) is 2.79. The molecule has 0 aliphatic heterocycles. The summed E-state index contributed by atoms with van der Waals surface area (Å²) in [4.78, 5) is 15.7. The van der Waals surface area contributed by atoms with Crippen molar-refractivity contribution < 1.29 is 14.3 Å². The Morgan fingerprint density at radius 2 is 2.05 bits per heavy atom. The number of carbonyl (C=O) groups is 1. The highest BCUT2D eigenvalue weighted by Crippen LogP contribution is 2.27. The van der Waals surface area contributed by atoms with Gasteiger partial charge in [0, 0.05) is 11.8 Å². The predicted molar refractivity (Wildman–Crippen MR) is 81.4 cm³/mol. The van der Waals surface area contributed by atoms with E-state index in [9.17, 15) is 14.3 Å². The second-order valence-electron chi connectivity index (χ2n) is 5.38. The van der Waals surface area contributed by atoms with E-state index in [1.54, 1.807) is 23.5 Å². The van der Waals surface area contributed by atoms with Gasteiger partial charge in [0.1, 0.15) is 11.5 Å². The molecule has 2 heterocycles. The second-order valence-corrected chi connectivity index (χ2v) is 5.38. The predicted octanol–water partition coefficient (Wildman–Crippen LogP) is 3.38. The zero-order valence-electron chi connectivity index (χ0n) is 12.3. The Balaban J connectivity index is 2.27. The lowest BCUT2D eigenvalue weighted by Gasteiger charge is -2.05. The minimum Gasteiger partial charge on any atom is -0.481 e. The van der Waals surface area contributed by atoms with Crippen LogP contribution in [0, 0.1) is 19.7 Å². The lowest BCUT2D eigenvalue weighted by molar-refractivity contribution is -0.136. The Labute approximate surface area is 126 Å². The fourth-order valence-electron chi connectivity index (χ4n) is 2.53. The summed E-state index contributed by atoms with van der Waals surface area (Å²) < 4.78 is 15.3. The van der Waals surface area contributed by atoms with Gasteiger partial charge in [-0.2, -0.15) is 0 Å². The van der Waals surface area contributed by atoms with Crippen molar-refractivity contribution in [3.05, 3.63) is 59.2 Å². The lowest BCUT2D eigenvalue weighted by atomic mass is 10.1. The van der Waals surface area contributed by atoms with E-state index in [0.29, 0.717) is 22.6 Å². The van der Waals surface area contributed by atoms with E-state index in [1.807, 2.05) is 25.3 Å². The van der Waals surface area contributed by atoms with Gasteiger partial charge in [-0.1, -0.05) is 6.07 Å². The molecule has 0 spiro atoms. The second kappa shape index (κ2) is 5.26. The molecule has 3 aromatic rings. The summed E-state index contributed by atoms with van der Waals surface area (Å²) in [5.41, 5.74) is 4.09. The molecule has 0 radical (unpaired) electrons.